The van der Waals surface area contributed by atoms with Gasteiger partial charge in [0.2, 0.25) is 0 Å². The monoisotopic (exact) mass is 294 g/mol. The SMILES string of the molecule is C=CC(=O)OOC(=O)c1ccccc1C(=O)OC(=O)OC. The van der Waals surface area contributed by atoms with E-state index in [1.165, 1.54) is 24.3 Å². The average molecular weight is 294 g/mol. The predicted octanol–water partition coefficient (Wildman–Crippen LogP) is 1.41. The van der Waals surface area contributed by atoms with Gasteiger partial charge in [0.15, 0.2) is 0 Å². The van der Waals surface area contributed by atoms with E-state index in [0.29, 0.717) is 0 Å². The Kier molecular flexibility index (Phi) is 5.63. The highest BCUT2D eigenvalue weighted by Crippen LogP contribution is 2.12. The van der Waals surface area contributed by atoms with E-state index in [1.807, 2.05) is 0 Å². The van der Waals surface area contributed by atoms with Crippen LogP contribution >= 0.6 is 0 Å². The zero-order valence-corrected chi connectivity index (χ0v) is 10.9. The summed E-state index contributed by atoms with van der Waals surface area (Å²) in [6, 6.07) is 5.30. The first-order chi connectivity index (χ1) is 9.99. The molecule has 8 heteroatoms. The molecular weight excluding hydrogens is 284 g/mol. The van der Waals surface area contributed by atoms with Gasteiger partial charge in [-0.25, -0.2) is 29.0 Å². The Morgan fingerprint density at radius 2 is 1.57 bits per heavy atom. The zero-order valence-electron chi connectivity index (χ0n) is 10.9. The Hall–Kier alpha value is -3.16. The van der Waals surface area contributed by atoms with Gasteiger partial charge in [0, 0.05) is 6.08 Å². The second-order valence-electron chi connectivity index (χ2n) is 3.37. The Bertz CT molecular complexity index is 590. The molecule has 0 aromatic heterocycles. The molecule has 21 heavy (non-hydrogen) atoms. The molecule has 1 aromatic rings. The fraction of sp³-hybridized carbons (Fsp3) is 0.0769. The lowest BCUT2D eigenvalue weighted by atomic mass is 10.1. The fourth-order valence-corrected chi connectivity index (χ4v) is 1.17. The van der Waals surface area contributed by atoms with Crippen LogP contribution in [0.3, 0.4) is 0 Å². The molecular formula is C13H10O8. The molecule has 0 saturated heterocycles. The third-order valence-corrected chi connectivity index (χ3v) is 2.08. The van der Waals surface area contributed by atoms with E-state index in [-0.39, 0.29) is 11.1 Å². The molecule has 1 rings (SSSR count). The second kappa shape index (κ2) is 7.43. The average Bonchev–Trinajstić information content (AvgIpc) is 2.51. The van der Waals surface area contributed by atoms with Gasteiger partial charge in [0.25, 0.3) is 0 Å². The predicted molar refractivity (Wildman–Crippen MR) is 66.0 cm³/mol. The van der Waals surface area contributed by atoms with E-state index < -0.39 is 24.1 Å². The summed E-state index contributed by atoms with van der Waals surface area (Å²) in [7, 11) is 1.02. The number of hydrogen-bond acceptors (Lipinski definition) is 8. The van der Waals surface area contributed by atoms with Gasteiger partial charge in [-0.1, -0.05) is 18.7 Å². The number of hydrogen-bond donors (Lipinski definition) is 0. The van der Waals surface area contributed by atoms with E-state index in [2.05, 4.69) is 25.8 Å². The second-order valence-corrected chi connectivity index (χ2v) is 3.37. The molecule has 0 saturated carbocycles. The smallest absolute Gasteiger partial charge is 0.437 e. The third kappa shape index (κ3) is 4.46. The summed E-state index contributed by atoms with van der Waals surface area (Å²) in [4.78, 5) is 53.3. The molecule has 0 heterocycles. The highest BCUT2D eigenvalue weighted by atomic mass is 17.2. The molecule has 1 aromatic carbocycles. The van der Waals surface area contributed by atoms with Gasteiger partial charge in [0.1, 0.15) is 0 Å². The number of methoxy groups -OCH3 is 1. The number of carbonyl (C=O) groups excluding carboxylic acids is 4. The summed E-state index contributed by atoms with van der Waals surface area (Å²) in [5.74, 6) is -3.23. The van der Waals surface area contributed by atoms with Crippen molar-refractivity contribution in [1.82, 2.24) is 0 Å². The maximum Gasteiger partial charge on any atom is 0.516 e. The minimum absolute atomic E-state index is 0.261. The first-order valence-electron chi connectivity index (χ1n) is 5.44. The summed E-state index contributed by atoms with van der Waals surface area (Å²) in [5, 5.41) is 0. The van der Waals surface area contributed by atoms with Crippen LogP contribution in [0.4, 0.5) is 4.79 Å². The maximum absolute atomic E-state index is 11.7. The summed E-state index contributed by atoms with van der Waals surface area (Å²) >= 11 is 0. The van der Waals surface area contributed by atoms with Crippen molar-refractivity contribution in [2.24, 2.45) is 0 Å². The molecule has 0 unspecified atom stereocenters. The normalized spacial score (nSPS) is 9.19. The van der Waals surface area contributed by atoms with Gasteiger partial charge >= 0.3 is 24.1 Å². The van der Waals surface area contributed by atoms with Crippen LogP contribution in [0.25, 0.3) is 0 Å². The largest absolute Gasteiger partial charge is 0.516 e. The number of rotatable bonds is 3. The van der Waals surface area contributed by atoms with Crippen molar-refractivity contribution in [3.05, 3.63) is 48.0 Å². The molecule has 0 N–H and O–H groups in total. The topological polar surface area (TPSA) is 105 Å². The first kappa shape index (κ1) is 15.9. The first-order valence-corrected chi connectivity index (χ1v) is 5.44. The quantitative estimate of drug-likeness (QED) is 0.271. The van der Waals surface area contributed by atoms with Gasteiger partial charge in [-0.05, 0) is 12.1 Å². The number of esters is 1. The molecule has 110 valence electrons. The molecule has 0 aliphatic carbocycles. The van der Waals surface area contributed by atoms with Gasteiger partial charge in [-0.15, -0.1) is 0 Å². The Labute approximate surface area is 118 Å². The van der Waals surface area contributed by atoms with Crippen LogP contribution in [0.15, 0.2) is 36.9 Å². The fourth-order valence-electron chi connectivity index (χ4n) is 1.17. The Balaban J connectivity index is 2.90. The zero-order chi connectivity index (χ0) is 15.8. The lowest BCUT2D eigenvalue weighted by molar-refractivity contribution is -0.228. The van der Waals surface area contributed by atoms with Crippen LogP contribution in [-0.4, -0.2) is 31.2 Å². The van der Waals surface area contributed by atoms with E-state index in [4.69, 9.17) is 0 Å². The summed E-state index contributed by atoms with van der Waals surface area (Å²) in [5.41, 5.74) is -0.522. The van der Waals surface area contributed by atoms with E-state index in [0.717, 1.165) is 13.2 Å². The van der Waals surface area contributed by atoms with Crippen LogP contribution in [-0.2, 0) is 24.0 Å². The standard InChI is InChI=1S/C13H10O8/c1-3-10(14)20-21-12(16)9-7-5-4-6-8(9)11(15)19-13(17)18-2/h3-7H,1H2,2H3. The molecule has 0 fully saturated rings. The minimum atomic E-state index is -1.23. The lowest BCUT2D eigenvalue weighted by Gasteiger charge is -2.06. The van der Waals surface area contributed by atoms with Crippen LogP contribution in [0.1, 0.15) is 20.7 Å². The third-order valence-electron chi connectivity index (χ3n) is 2.08. The van der Waals surface area contributed by atoms with Crippen molar-refractivity contribution in [3.8, 4) is 0 Å². The minimum Gasteiger partial charge on any atom is -0.437 e. The highest BCUT2D eigenvalue weighted by molar-refractivity contribution is 6.05. The van der Waals surface area contributed by atoms with Gasteiger partial charge in [-0.3, -0.25) is 0 Å². The Morgan fingerprint density at radius 3 is 2.10 bits per heavy atom. The molecule has 0 radical (unpaired) electrons. The Morgan fingerprint density at radius 1 is 1.00 bits per heavy atom. The van der Waals surface area contributed by atoms with Crippen molar-refractivity contribution in [2.75, 3.05) is 7.11 Å². The van der Waals surface area contributed by atoms with Crippen molar-refractivity contribution in [3.63, 3.8) is 0 Å². The number of carbonyl (C=O) groups is 4. The van der Waals surface area contributed by atoms with Crippen LogP contribution in [0.2, 0.25) is 0 Å². The van der Waals surface area contributed by atoms with Crippen molar-refractivity contribution >= 4 is 24.1 Å². The molecule has 8 nitrogen and oxygen atoms in total. The molecule has 0 spiro atoms. The van der Waals surface area contributed by atoms with Gasteiger partial charge in [0.05, 0.1) is 18.2 Å². The maximum atomic E-state index is 11.7. The van der Waals surface area contributed by atoms with Gasteiger partial charge in [-0.2, -0.15) is 0 Å². The number of ether oxygens (including phenoxy) is 2. The molecule has 0 atom stereocenters. The highest BCUT2D eigenvalue weighted by Gasteiger charge is 2.22. The van der Waals surface area contributed by atoms with E-state index in [1.54, 1.807) is 0 Å². The molecule has 0 aliphatic rings. The van der Waals surface area contributed by atoms with Crippen molar-refractivity contribution < 1.29 is 38.4 Å². The van der Waals surface area contributed by atoms with Crippen molar-refractivity contribution in [2.45, 2.75) is 0 Å². The molecule has 0 amide bonds. The summed E-state index contributed by atoms with van der Waals surface area (Å²) in [6.45, 7) is 3.11. The van der Waals surface area contributed by atoms with Crippen LogP contribution in [0.5, 0.6) is 0 Å². The number of benzene rings is 1. The van der Waals surface area contributed by atoms with E-state index in [9.17, 15) is 19.2 Å². The summed E-state index contributed by atoms with van der Waals surface area (Å²) in [6.07, 6.45) is -0.453. The van der Waals surface area contributed by atoms with Crippen molar-refractivity contribution in [1.29, 1.82) is 0 Å². The van der Waals surface area contributed by atoms with Crippen LogP contribution < -0.4 is 0 Å². The molecule has 0 bridgehead atoms. The van der Waals surface area contributed by atoms with Gasteiger partial charge < -0.3 is 9.47 Å². The lowest BCUT2D eigenvalue weighted by Crippen LogP contribution is -2.17. The van der Waals surface area contributed by atoms with E-state index >= 15 is 0 Å². The molecule has 0 aliphatic heterocycles. The van der Waals surface area contributed by atoms with Crippen LogP contribution in [0, 0.1) is 0 Å². The summed E-state index contributed by atoms with van der Waals surface area (Å²) < 4.78 is 8.45.